The molecule has 148 valence electrons. The lowest BCUT2D eigenvalue weighted by Gasteiger charge is -2.34. The van der Waals surface area contributed by atoms with Crippen LogP contribution in [0.3, 0.4) is 0 Å². The van der Waals surface area contributed by atoms with Crippen molar-refractivity contribution in [1.82, 2.24) is 15.2 Å². The van der Waals surface area contributed by atoms with Gasteiger partial charge < -0.3 is 14.6 Å². The number of furan rings is 1. The lowest BCUT2D eigenvalue weighted by molar-refractivity contribution is 0.0921. The molecule has 1 fully saturated rings. The summed E-state index contributed by atoms with van der Waals surface area (Å²) in [6.07, 6.45) is 2.25. The number of amides is 1. The fourth-order valence-electron chi connectivity index (χ4n) is 4.28. The van der Waals surface area contributed by atoms with Crippen LogP contribution in [0.5, 0.6) is 0 Å². The van der Waals surface area contributed by atoms with Crippen LogP contribution in [0.1, 0.15) is 37.2 Å². The third-order valence-corrected chi connectivity index (χ3v) is 5.61. The third-order valence-electron chi connectivity index (χ3n) is 5.37. The van der Waals surface area contributed by atoms with Gasteiger partial charge in [-0.25, -0.2) is 4.98 Å². The molecule has 1 aliphatic rings. The summed E-state index contributed by atoms with van der Waals surface area (Å²) >= 11 is 6.03. The molecule has 2 unspecified atom stereocenters. The highest BCUT2D eigenvalue weighted by molar-refractivity contribution is 6.31. The zero-order valence-electron chi connectivity index (χ0n) is 16.4. The molecule has 2 aromatic heterocycles. The minimum Gasteiger partial charge on any atom is -0.433 e. The highest BCUT2D eigenvalue weighted by Crippen LogP contribution is 2.25. The summed E-state index contributed by atoms with van der Waals surface area (Å²) < 4.78 is 5.68. The van der Waals surface area contributed by atoms with Crippen LogP contribution >= 0.6 is 11.6 Å². The molecule has 0 saturated carbocycles. The number of aromatic nitrogens is 1. The summed E-state index contributed by atoms with van der Waals surface area (Å²) in [6.45, 7) is 8.61. The first-order valence-electron chi connectivity index (χ1n) is 9.98. The molecular formula is C22H26ClN3O2. The number of nitrogens with zero attached hydrogens (tertiary/aromatic N) is 2. The van der Waals surface area contributed by atoms with Gasteiger partial charge >= 0.3 is 0 Å². The van der Waals surface area contributed by atoms with Gasteiger partial charge in [0.05, 0.1) is 5.52 Å². The van der Waals surface area contributed by atoms with Crippen molar-refractivity contribution >= 4 is 39.5 Å². The van der Waals surface area contributed by atoms with Gasteiger partial charge in [0.15, 0.2) is 5.76 Å². The Morgan fingerprint density at radius 2 is 2.00 bits per heavy atom. The second-order valence-electron chi connectivity index (χ2n) is 8.15. The number of nitrogens with one attached hydrogen (secondary N) is 1. The smallest absolute Gasteiger partial charge is 0.287 e. The SMILES string of the molecule is CC1CC(C)CN(CCCNC(=O)c2cc3cc4ccc(Cl)cc4nc3o2)C1. The van der Waals surface area contributed by atoms with E-state index in [0.29, 0.717) is 23.0 Å². The first-order valence-corrected chi connectivity index (χ1v) is 10.4. The Balaban J connectivity index is 1.35. The zero-order chi connectivity index (χ0) is 19.7. The zero-order valence-corrected chi connectivity index (χ0v) is 17.1. The van der Waals surface area contributed by atoms with E-state index in [-0.39, 0.29) is 5.91 Å². The predicted octanol–water partition coefficient (Wildman–Crippen LogP) is 4.73. The molecule has 6 heteroatoms. The number of piperidine rings is 1. The molecule has 1 N–H and O–H groups in total. The fraction of sp³-hybridized carbons (Fsp3) is 0.455. The number of likely N-dealkylation sites (tertiary alicyclic amines) is 1. The molecule has 28 heavy (non-hydrogen) atoms. The van der Waals surface area contributed by atoms with Crippen molar-refractivity contribution in [3.05, 3.63) is 41.1 Å². The molecule has 0 radical (unpaired) electrons. The number of benzene rings is 1. The number of halogens is 1. The molecular weight excluding hydrogens is 374 g/mol. The molecule has 0 spiro atoms. The van der Waals surface area contributed by atoms with Crippen molar-refractivity contribution < 1.29 is 9.21 Å². The molecule has 1 aliphatic heterocycles. The number of fused-ring (bicyclic) bond motifs is 2. The van der Waals surface area contributed by atoms with Crippen LogP contribution in [-0.2, 0) is 0 Å². The number of hydrogen-bond donors (Lipinski definition) is 1. The van der Waals surface area contributed by atoms with Gasteiger partial charge in [0.1, 0.15) is 0 Å². The first-order chi connectivity index (χ1) is 13.5. The summed E-state index contributed by atoms with van der Waals surface area (Å²) in [5.74, 6) is 1.61. The van der Waals surface area contributed by atoms with Crippen molar-refractivity contribution in [2.45, 2.75) is 26.7 Å². The summed E-state index contributed by atoms with van der Waals surface area (Å²) in [5.41, 5.74) is 1.21. The fourth-order valence-corrected chi connectivity index (χ4v) is 4.44. The van der Waals surface area contributed by atoms with E-state index in [1.807, 2.05) is 18.2 Å². The van der Waals surface area contributed by atoms with Crippen molar-refractivity contribution in [2.24, 2.45) is 11.8 Å². The monoisotopic (exact) mass is 399 g/mol. The number of carbonyl (C=O) groups excluding carboxylic acids is 1. The number of hydrogen-bond acceptors (Lipinski definition) is 4. The van der Waals surface area contributed by atoms with Crippen LogP contribution in [0.2, 0.25) is 5.02 Å². The second-order valence-corrected chi connectivity index (χ2v) is 8.58. The maximum Gasteiger partial charge on any atom is 0.287 e. The average molecular weight is 400 g/mol. The van der Waals surface area contributed by atoms with E-state index in [9.17, 15) is 4.79 Å². The molecule has 4 rings (SSSR count). The van der Waals surface area contributed by atoms with E-state index >= 15 is 0 Å². The van der Waals surface area contributed by atoms with Gasteiger partial charge in [-0.3, -0.25) is 4.79 Å². The lowest BCUT2D eigenvalue weighted by Crippen LogP contribution is -2.40. The number of carbonyl (C=O) groups is 1. The minimum absolute atomic E-state index is 0.194. The van der Waals surface area contributed by atoms with Crippen molar-refractivity contribution in [3.63, 3.8) is 0 Å². The highest BCUT2D eigenvalue weighted by Gasteiger charge is 2.21. The summed E-state index contributed by atoms with van der Waals surface area (Å²) in [7, 11) is 0. The predicted molar refractivity (Wildman–Crippen MR) is 113 cm³/mol. The van der Waals surface area contributed by atoms with Crippen LogP contribution in [0.25, 0.3) is 22.0 Å². The van der Waals surface area contributed by atoms with Crippen molar-refractivity contribution in [3.8, 4) is 0 Å². The third kappa shape index (κ3) is 4.31. The van der Waals surface area contributed by atoms with Crippen LogP contribution in [0.15, 0.2) is 34.7 Å². The molecule has 1 saturated heterocycles. The Labute approximate surface area is 170 Å². The summed E-state index contributed by atoms with van der Waals surface area (Å²) in [6, 6.07) is 9.25. The van der Waals surface area contributed by atoms with Gasteiger partial charge in [-0.05, 0) is 55.5 Å². The molecule has 1 amide bonds. The molecule has 0 aliphatic carbocycles. The van der Waals surface area contributed by atoms with Crippen LogP contribution < -0.4 is 5.32 Å². The first kappa shape index (κ1) is 19.2. The number of pyridine rings is 1. The Bertz CT molecular complexity index is 990. The van der Waals surface area contributed by atoms with E-state index in [0.717, 1.165) is 54.2 Å². The van der Waals surface area contributed by atoms with Crippen LogP contribution in [0, 0.1) is 11.8 Å². The normalized spacial score (nSPS) is 20.7. The number of rotatable bonds is 5. The standard InChI is InChI=1S/C22H26ClN3O2/c1-14-8-15(2)13-26(12-14)7-3-6-24-21(27)20-10-17-9-16-4-5-18(23)11-19(16)25-22(17)28-20/h4-5,9-11,14-15H,3,6-8,12-13H2,1-2H3,(H,24,27). The van der Waals surface area contributed by atoms with Gasteiger partial charge in [0.25, 0.3) is 5.91 Å². The van der Waals surface area contributed by atoms with Crippen molar-refractivity contribution in [2.75, 3.05) is 26.2 Å². The highest BCUT2D eigenvalue weighted by atomic mass is 35.5. The van der Waals surface area contributed by atoms with Gasteiger partial charge in [0.2, 0.25) is 5.71 Å². The van der Waals surface area contributed by atoms with Gasteiger partial charge in [-0.15, -0.1) is 0 Å². The average Bonchev–Trinajstić information content (AvgIpc) is 3.05. The maximum atomic E-state index is 12.4. The second kappa shape index (κ2) is 8.10. The minimum atomic E-state index is -0.194. The van der Waals surface area contributed by atoms with E-state index in [1.54, 1.807) is 12.1 Å². The van der Waals surface area contributed by atoms with Gasteiger partial charge in [0, 0.05) is 35.4 Å². The maximum absolute atomic E-state index is 12.4. The Kier molecular flexibility index (Phi) is 5.56. The van der Waals surface area contributed by atoms with E-state index in [4.69, 9.17) is 16.0 Å². The topological polar surface area (TPSA) is 58.4 Å². The summed E-state index contributed by atoms with van der Waals surface area (Å²) in [4.78, 5) is 19.4. The van der Waals surface area contributed by atoms with E-state index < -0.39 is 0 Å². The largest absolute Gasteiger partial charge is 0.433 e. The molecule has 3 heterocycles. The molecule has 3 aromatic rings. The molecule has 5 nitrogen and oxygen atoms in total. The summed E-state index contributed by atoms with van der Waals surface area (Å²) in [5, 5.41) is 5.37. The van der Waals surface area contributed by atoms with E-state index in [1.165, 1.54) is 6.42 Å². The molecule has 1 aromatic carbocycles. The van der Waals surface area contributed by atoms with E-state index in [2.05, 4.69) is 29.0 Å². The van der Waals surface area contributed by atoms with Crippen LogP contribution in [-0.4, -0.2) is 42.0 Å². The quantitative estimate of drug-likeness (QED) is 0.630. The molecule has 0 bridgehead atoms. The Hall–Kier alpha value is -2.11. The Morgan fingerprint density at radius 3 is 2.79 bits per heavy atom. The van der Waals surface area contributed by atoms with Crippen molar-refractivity contribution in [1.29, 1.82) is 0 Å². The van der Waals surface area contributed by atoms with Gasteiger partial charge in [-0.1, -0.05) is 31.5 Å². The lowest BCUT2D eigenvalue weighted by atomic mass is 9.92. The Morgan fingerprint density at radius 1 is 1.21 bits per heavy atom. The van der Waals surface area contributed by atoms with Crippen LogP contribution in [0.4, 0.5) is 0 Å². The van der Waals surface area contributed by atoms with Gasteiger partial charge in [-0.2, -0.15) is 0 Å². The molecule has 2 atom stereocenters.